The maximum atomic E-state index is 12.2. The van der Waals surface area contributed by atoms with E-state index in [0.717, 1.165) is 0 Å². The second kappa shape index (κ2) is 5.10. The Balaban J connectivity index is 3.04. The van der Waals surface area contributed by atoms with E-state index in [0.29, 0.717) is 4.68 Å². The summed E-state index contributed by atoms with van der Waals surface area (Å²) in [5.41, 5.74) is 5.23. The van der Waals surface area contributed by atoms with Crippen molar-refractivity contribution in [2.45, 2.75) is 19.6 Å². The maximum absolute atomic E-state index is 12.2. The van der Waals surface area contributed by atoms with Crippen molar-refractivity contribution in [2.75, 3.05) is 12.3 Å². The number of nitrogens with two attached hydrogens (primary N) is 1. The summed E-state index contributed by atoms with van der Waals surface area (Å²) >= 11 is 1.66. The van der Waals surface area contributed by atoms with E-state index >= 15 is 0 Å². The highest BCUT2D eigenvalue weighted by molar-refractivity contribution is 14.1. The standard InChI is InChI=1S/C8H9F3IN3O2/c1-2-17-7(16)5-4(12)6(13)15(14-5)3-8(9,10)11/h2-3,13H2,1H3. The van der Waals surface area contributed by atoms with Crippen molar-refractivity contribution in [2.24, 2.45) is 0 Å². The normalized spacial score (nSPS) is 11.6. The number of halogens is 4. The van der Waals surface area contributed by atoms with Crippen molar-refractivity contribution in [1.29, 1.82) is 0 Å². The third-order valence-corrected chi connectivity index (χ3v) is 2.79. The molecule has 0 saturated carbocycles. The lowest BCUT2D eigenvalue weighted by Crippen LogP contribution is -2.20. The number of rotatable bonds is 3. The Kier molecular flexibility index (Phi) is 4.22. The van der Waals surface area contributed by atoms with Crippen LogP contribution in [0.5, 0.6) is 0 Å². The highest BCUT2D eigenvalue weighted by Crippen LogP contribution is 2.24. The van der Waals surface area contributed by atoms with Crippen LogP contribution in [0.3, 0.4) is 0 Å². The molecule has 0 spiro atoms. The summed E-state index contributed by atoms with van der Waals surface area (Å²) in [5, 5.41) is 3.50. The summed E-state index contributed by atoms with van der Waals surface area (Å²) in [7, 11) is 0. The van der Waals surface area contributed by atoms with E-state index in [4.69, 9.17) is 5.73 Å². The average molecular weight is 363 g/mol. The number of carbonyl (C=O) groups excluding carboxylic acids is 1. The zero-order valence-corrected chi connectivity index (χ0v) is 10.9. The van der Waals surface area contributed by atoms with Crippen molar-refractivity contribution < 1.29 is 22.7 Å². The van der Waals surface area contributed by atoms with Gasteiger partial charge in [-0.1, -0.05) is 0 Å². The summed E-state index contributed by atoms with van der Waals surface area (Å²) in [6.07, 6.45) is -4.45. The Morgan fingerprint density at radius 1 is 1.59 bits per heavy atom. The fourth-order valence-electron chi connectivity index (χ4n) is 1.07. The summed E-state index contributed by atoms with van der Waals surface area (Å²) in [4.78, 5) is 11.4. The zero-order valence-electron chi connectivity index (χ0n) is 8.71. The van der Waals surface area contributed by atoms with Gasteiger partial charge in [0.15, 0.2) is 5.69 Å². The van der Waals surface area contributed by atoms with Crippen LogP contribution in [0.25, 0.3) is 0 Å². The molecule has 0 aliphatic carbocycles. The van der Waals surface area contributed by atoms with Crippen LogP contribution in [-0.4, -0.2) is 28.5 Å². The lowest BCUT2D eigenvalue weighted by atomic mass is 10.4. The van der Waals surface area contributed by atoms with Gasteiger partial charge in [-0.25, -0.2) is 9.48 Å². The lowest BCUT2D eigenvalue weighted by Gasteiger charge is -2.07. The highest BCUT2D eigenvalue weighted by Gasteiger charge is 2.31. The molecule has 1 heterocycles. The first-order valence-electron chi connectivity index (χ1n) is 4.52. The smallest absolute Gasteiger partial charge is 0.408 e. The Labute approximate surface area is 108 Å². The van der Waals surface area contributed by atoms with E-state index in [1.165, 1.54) is 0 Å². The van der Waals surface area contributed by atoms with Gasteiger partial charge in [0.2, 0.25) is 0 Å². The molecule has 17 heavy (non-hydrogen) atoms. The zero-order chi connectivity index (χ0) is 13.2. The second-order valence-corrected chi connectivity index (χ2v) is 4.12. The van der Waals surface area contributed by atoms with Crippen LogP contribution in [0.2, 0.25) is 0 Å². The first kappa shape index (κ1) is 14.1. The van der Waals surface area contributed by atoms with E-state index in [1.807, 2.05) is 0 Å². The number of hydrogen-bond donors (Lipinski definition) is 1. The number of aromatic nitrogens is 2. The van der Waals surface area contributed by atoms with Crippen molar-refractivity contribution in [1.82, 2.24) is 9.78 Å². The van der Waals surface area contributed by atoms with Gasteiger partial charge in [0, 0.05) is 0 Å². The molecule has 0 fully saturated rings. The number of alkyl halides is 3. The van der Waals surface area contributed by atoms with Gasteiger partial charge in [0.25, 0.3) is 0 Å². The quantitative estimate of drug-likeness (QED) is 0.657. The van der Waals surface area contributed by atoms with Gasteiger partial charge >= 0.3 is 12.1 Å². The molecule has 0 unspecified atom stereocenters. The average Bonchev–Trinajstić information content (AvgIpc) is 2.44. The minimum absolute atomic E-state index is 0.112. The Bertz CT molecular complexity index is 430. The van der Waals surface area contributed by atoms with Crippen molar-refractivity contribution in [3.63, 3.8) is 0 Å². The van der Waals surface area contributed by atoms with E-state index in [-0.39, 0.29) is 21.7 Å². The molecule has 0 aliphatic rings. The molecule has 0 saturated heterocycles. The second-order valence-electron chi connectivity index (χ2n) is 3.04. The fourth-order valence-corrected chi connectivity index (χ4v) is 1.68. The Hall–Kier alpha value is -1.00. The summed E-state index contributed by atoms with van der Waals surface area (Å²) < 4.78 is 41.9. The van der Waals surface area contributed by atoms with Crippen molar-refractivity contribution >= 4 is 34.4 Å². The van der Waals surface area contributed by atoms with E-state index in [9.17, 15) is 18.0 Å². The van der Waals surface area contributed by atoms with Crippen LogP contribution in [0.15, 0.2) is 0 Å². The summed E-state index contributed by atoms with van der Waals surface area (Å²) in [5.74, 6) is -0.990. The molecule has 5 nitrogen and oxygen atoms in total. The molecule has 1 rings (SSSR count). The minimum atomic E-state index is -4.45. The molecule has 0 atom stereocenters. The first-order chi connectivity index (χ1) is 7.76. The first-order valence-corrected chi connectivity index (χ1v) is 5.59. The largest absolute Gasteiger partial charge is 0.461 e. The maximum Gasteiger partial charge on any atom is 0.408 e. The molecule has 1 aromatic heterocycles. The molecular formula is C8H9F3IN3O2. The Morgan fingerprint density at radius 3 is 2.65 bits per heavy atom. The van der Waals surface area contributed by atoms with Crippen LogP contribution >= 0.6 is 22.6 Å². The van der Waals surface area contributed by atoms with Gasteiger partial charge < -0.3 is 10.5 Å². The number of carbonyl (C=O) groups is 1. The molecule has 96 valence electrons. The van der Waals surface area contributed by atoms with Crippen LogP contribution in [0.1, 0.15) is 17.4 Å². The van der Waals surface area contributed by atoms with Gasteiger partial charge in [0.1, 0.15) is 12.4 Å². The molecule has 0 radical (unpaired) electrons. The fraction of sp³-hybridized carbons (Fsp3) is 0.500. The SMILES string of the molecule is CCOC(=O)c1nn(CC(F)(F)F)c(N)c1I. The topological polar surface area (TPSA) is 70.1 Å². The number of ether oxygens (including phenoxy) is 1. The molecule has 0 aliphatic heterocycles. The van der Waals surface area contributed by atoms with E-state index in [1.54, 1.807) is 29.5 Å². The van der Waals surface area contributed by atoms with E-state index < -0.39 is 18.7 Å². The minimum Gasteiger partial charge on any atom is -0.461 e. The number of nitrogen functional groups attached to an aromatic ring is 1. The van der Waals surface area contributed by atoms with Gasteiger partial charge in [-0.05, 0) is 29.5 Å². The number of anilines is 1. The van der Waals surface area contributed by atoms with Crippen LogP contribution in [0, 0.1) is 3.57 Å². The molecule has 0 amide bonds. The predicted molar refractivity (Wildman–Crippen MR) is 61.4 cm³/mol. The number of nitrogens with zero attached hydrogens (tertiary/aromatic N) is 2. The van der Waals surface area contributed by atoms with Crippen molar-refractivity contribution in [3.05, 3.63) is 9.26 Å². The highest BCUT2D eigenvalue weighted by atomic mass is 127. The van der Waals surface area contributed by atoms with Gasteiger partial charge in [-0.2, -0.15) is 18.3 Å². The van der Waals surface area contributed by atoms with Gasteiger partial charge in [-0.15, -0.1) is 0 Å². The molecule has 0 aromatic carbocycles. The van der Waals surface area contributed by atoms with E-state index in [2.05, 4.69) is 9.84 Å². The lowest BCUT2D eigenvalue weighted by molar-refractivity contribution is -0.142. The number of hydrogen-bond acceptors (Lipinski definition) is 4. The van der Waals surface area contributed by atoms with Gasteiger partial charge in [0.05, 0.1) is 10.2 Å². The molecule has 9 heteroatoms. The molecule has 2 N–H and O–H groups in total. The Morgan fingerprint density at radius 2 is 2.18 bits per heavy atom. The third kappa shape index (κ3) is 3.48. The number of esters is 1. The third-order valence-electron chi connectivity index (χ3n) is 1.73. The molecule has 1 aromatic rings. The molecular weight excluding hydrogens is 354 g/mol. The van der Waals surface area contributed by atoms with Crippen LogP contribution in [-0.2, 0) is 11.3 Å². The monoisotopic (exact) mass is 363 g/mol. The summed E-state index contributed by atoms with van der Waals surface area (Å²) in [6, 6.07) is 0. The van der Waals surface area contributed by atoms with Crippen LogP contribution in [0.4, 0.5) is 19.0 Å². The van der Waals surface area contributed by atoms with Gasteiger partial charge in [-0.3, -0.25) is 0 Å². The predicted octanol–water partition coefficient (Wildman–Crippen LogP) is 1.81. The summed E-state index contributed by atoms with van der Waals surface area (Å²) in [6.45, 7) is 0.357. The van der Waals surface area contributed by atoms with Crippen LogP contribution < -0.4 is 5.73 Å². The molecule has 0 bridgehead atoms. The van der Waals surface area contributed by atoms with Crippen molar-refractivity contribution in [3.8, 4) is 0 Å².